The zero-order valence-corrected chi connectivity index (χ0v) is 16.6. The molecule has 158 valence electrons. The van der Waals surface area contributed by atoms with Crippen molar-refractivity contribution in [1.29, 1.82) is 0 Å². The average Bonchev–Trinajstić information content (AvgIpc) is 2.92. The van der Waals surface area contributed by atoms with Crippen LogP contribution in [0.4, 0.5) is 0 Å². The number of likely N-dealkylation sites (tertiary alicyclic amines) is 1. The molecular formula is C17H27N3O7S. The van der Waals surface area contributed by atoms with Crippen LogP contribution in [0.2, 0.25) is 0 Å². The third-order valence-corrected chi connectivity index (χ3v) is 5.31. The molecule has 0 aliphatic carbocycles. The summed E-state index contributed by atoms with van der Waals surface area (Å²) in [4.78, 5) is 60.6. The number of imide groups is 1. The Labute approximate surface area is 167 Å². The van der Waals surface area contributed by atoms with E-state index < -0.39 is 17.2 Å². The topological polar surface area (TPSA) is 153 Å². The molecule has 1 aliphatic rings. The highest BCUT2D eigenvalue weighted by molar-refractivity contribution is 8.00. The van der Waals surface area contributed by atoms with E-state index in [0.717, 1.165) is 16.7 Å². The summed E-state index contributed by atoms with van der Waals surface area (Å²) >= 11 is 1.12. The van der Waals surface area contributed by atoms with E-state index >= 15 is 0 Å². The van der Waals surface area contributed by atoms with Crippen LogP contribution in [0.5, 0.6) is 0 Å². The van der Waals surface area contributed by atoms with Crippen molar-refractivity contribution in [1.82, 2.24) is 15.5 Å². The minimum atomic E-state index is -0.796. The van der Waals surface area contributed by atoms with Gasteiger partial charge in [-0.1, -0.05) is 0 Å². The van der Waals surface area contributed by atoms with E-state index in [4.69, 9.17) is 10.2 Å². The second kappa shape index (κ2) is 12.5. The fourth-order valence-corrected chi connectivity index (χ4v) is 3.84. The lowest BCUT2D eigenvalue weighted by molar-refractivity contribution is -0.138. The highest BCUT2D eigenvalue weighted by Crippen LogP contribution is 2.26. The Morgan fingerprint density at radius 2 is 1.93 bits per heavy atom. The van der Waals surface area contributed by atoms with Crippen molar-refractivity contribution in [3.63, 3.8) is 0 Å². The van der Waals surface area contributed by atoms with Crippen LogP contribution >= 0.6 is 11.8 Å². The SMILES string of the molecule is CC(=O)NC(CSC1CC(=O)N(CCC(=O)NCCO)C1=O)C(=O)CCCO. The summed E-state index contributed by atoms with van der Waals surface area (Å²) in [5.41, 5.74) is 0. The van der Waals surface area contributed by atoms with Gasteiger partial charge in [-0.05, 0) is 6.42 Å². The van der Waals surface area contributed by atoms with Crippen LogP contribution in [-0.2, 0) is 24.0 Å². The maximum absolute atomic E-state index is 12.4. The molecule has 1 saturated heterocycles. The van der Waals surface area contributed by atoms with Crippen molar-refractivity contribution in [3.05, 3.63) is 0 Å². The smallest absolute Gasteiger partial charge is 0.242 e. The molecule has 1 fully saturated rings. The number of Topliss-reactive ketones (excluding diaryl/α,β-unsaturated/α-hetero) is 1. The fraction of sp³-hybridized carbons (Fsp3) is 0.706. The van der Waals surface area contributed by atoms with Gasteiger partial charge in [0.2, 0.25) is 23.6 Å². The Hall–Kier alpha value is -1.98. The van der Waals surface area contributed by atoms with Crippen LogP contribution in [-0.4, -0.2) is 87.9 Å². The minimum absolute atomic E-state index is 0.0284. The molecule has 0 bridgehead atoms. The summed E-state index contributed by atoms with van der Waals surface area (Å²) in [5, 5.41) is 21.8. The van der Waals surface area contributed by atoms with Crippen LogP contribution < -0.4 is 10.6 Å². The Balaban J connectivity index is 2.57. The van der Waals surface area contributed by atoms with Gasteiger partial charge in [-0.2, -0.15) is 0 Å². The van der Waals surface area contributed by atoms with Gasteiger partial charge in [0.15, 0.2) is 5.78 Å². The lowest BCUT2D eigenvalue weighted by atomic mass is 10.1. The Kier molecular flexibility index (Phi) is 10.7. The molecule has 4 N–H and O–H groups in total. The van der Waals surface area contributed by atoms with E-state index in [0.29, 0.717) is 0 Å². The number of nitrogens with one attached hydrogen (secondary N) is 2. The number of rotatable bonds is 13. The third kappa shape index (κ3) is 7.95. The number of nitrogens with zero attached hydrogens (tertiary/aromatic N) is 1. The number of aliphatic hydroxyl groups is 2. The molecule has 2 atom stereocenters. The molecule has 2 unspecified atom stereocenters. The van der Waals surface area contributed by atoms with E-state index in [-0.39, 0.29) is 81.2 Å². The second-order valence-electron chi connectivity index (χ2n) is 6.28. The monoisotopic (exact) mass is 417 g/mol. The van der Waals surface area contributed by atoms with Crippen molar-refractivity contribution < 1.29 is 34.2 Å². The molecule has 0 aromatic carbocycles. The summed E-state index contributed by atoms with van der Waals surface area (Å²) in [5.74, 6) is -1.67. The predicted octanol–water partition coefficient (Wildman–Crippen LogP) is -1.81. The quantitative estimate of drug-likeness (QED) is 0.256. The van der Waals surface area contributed by atoms with Crippen LogP contribution in [0.25, 0.3) is 0 Å². The number of hydrogen-bond acceptors (Lipinski definition) is 8. The molecule has 4 amide bonds. The molecular weight excluding hydrogens is 390 g/mol. The molecule has 1 rings (SSSR count). The number of hydrogen-bond donors (Lipinski definition) is 4. The van der Waals surface area contributed by atoms with Crippen LogP contribution in [0.1, 0.15) is 32.6 Å². The normalized spacial score (nSPS) is 17.5. The highest BCUT2D eigenvalue weighted by Gasteiger charge is 2.39. The Morgan fingerprint density at radius 1 is 1.21 bits per heavy atom. The Morgan fingerprint density at radius 3 is 2.54 bits per heavy atom. The van der Waals surface area contributed by atoms with Crippen molar-refractivity contribution in [2.24, 2.45) is 0 Å². The number of amides is 4. The zero-order valence-electron chi connectivity index (χ0n) is 15.8. The largest absolute Gasteiger partial charge is 0.396 e. The molecule has 0 aromatic rings. The number of carbonyl (C=O) groups is 5. The van der Waals surface area contributed by atoms with Gasteiger partial charge in [0.1, 0.15) is 0 Å². The van der Waals surface area contributed by atoms with Gasteiger partial charge in [-0.25, -0.2) is 0 Å². The lowest BCUT2D eigenvalue weighted by Crippen LogP contribution is -2.42. The third-order valence-electron chi connectivity index (χ3n) is 4.01. The summed E-state index contributed by atoms with van der Waals surface area (Å²) in [6, 6.07) is -0.796. The van der Waals surface area contributed by atoms with Gasteiger partial charge in [0.05, 0.1) is 17.9 Å². The van der Waals surface area contributed by atoms with Crippen molar-refractivity contribution in [3.8, 4) is 0 Å². The van der Waals surface area contributed by atoms with Gasteiger partial charge in [-0.15, -0.1) is 11.8 Å². The number of carbonyl (C=O) groups excluding carboxylic acids is 5. The van der Waals surface area contributed by atoms with E-state index in [1.54, 1.807) is 0 Å². The molecule has 10 nitrogen and oxygen atoms in total. The maximum Gasteiger partial charge on any atom is 0.242 e. The summed E-state index contributed by atoms with van der Waals surface area (Å²) in [7, 11) is 0. The highest BCUT2D eigenvalue weighted by atomic mass is 32.2. The summed E-state index contributed by atoms with van der Waals surface area (Å²) in [6.07, 6.45) is 0.309. The second-order valence-corrected chi connectivity index (χ2v) is 7.52. The molecule has 0 saturated carbocycles. The molecule has 1 aliphatic heterocycles. The standard InChI is InChI=1S/C17H27N3O7S/c1-11(23)19-12(13(24)3-2-7-21)10-28-14-9-16(26)20(17(14)27)6-4-15(25)18-5-8-22/h12,14,21-22H,2-10H2,1H3,(H,18,25)(H,19,23). The molecule has 0 spiro atoms. The van der Waals surface area contributed by atoms with Gasteiger partial charge < -0.3 is 20.8 Å². The first-order chi connectivity index (χ1) is 13.3. The van der Waals surface area contributed by atoms with Crippen molar-refractivity contribution in [2.75, 3.05) is 32.1 Å². The number of aliphatic hydroxyl groups excluding tert-OH is 2. The van der Waals surface area contributed by atoms with Crippen LogP contribution in [0.15, 0.2) is 0 Å². The van der Waals surface area contributed by atoms with E-state index in [1.165, 1.54) is 6.92 Å². The summed E-state index contributed by atoms with van der Waals surface area (Å²) < 4.78 is 0. The molecule has 1 heterocycles. The first-order valence-corrected chi connectivity index (χ1v) is 10.1. The average molecular weight is 417 g/mol. The van der Waals surface area contributed by atoms with Gasteiger partial charge in [0.25, 0.3) is 0 Å². The zero-order chi connectivity index (χ0) is 21.1. The maximum atomic E-state index is 12.4. The van der Waals surface area contributed by atoms with E-state index in [9.17, 15) is 24.0 Å². The molecule has 0 radical (unpaired) electrons. The van der Waals surface area contributed by atoms with E-state index in [2.05, 4.69) is 10.6 Å². The fourth-order valence-electron chi connectivity index (χ4n) is 2.62. The minimum Gasteiger partial charge on any atom is -0.396 e. The lowest BCUT2D eigenvalue weighted by Gasteiger charge is -2.18. The first-order valence-electron chi connectivity index (χ1n) is 9.04. The van der Waals surface area contributed by atoms with E-state index in [1.807, 2.05) is 0 Å². The molecule has 11 heteroatoms. The molecule has 28 heavy (non-hydrogen) atoms. The number of thioether (sulfide) groups is 1. The predicted molar refractivity (Wildman–Crippen MR) is 101 cm³/mol. The van der Waals surface area contributed by atoms with Crippen molar-refractivity contribution in [2.45, 2.75) is 43.9 Å². The number of ketones is 1. The summed E-state index contributed by atoms with van der Waals surface area (Å²) in [6.45, 7) is 1.01. The first kappa shape index (κ1) is 24.1. The van der Waals surface area contributed by atoms with Crippen molar-refractivity contribution >= 4 is 41.2 Å². The van der Waals surface area contributed by atoms with Crippen LogP contribution in [0, 0.1) is 0 Å². The van der Waals surface area contributed by atoms with Gasteiger partial charge >= 0.3 is 0 Å². The van der Waals surface area contributed by atoms with Gasteiger partial charge in [-0.3, -0.25) is 28.9 Å². The Bertz CT molecular complexity index is 599. The molecule has 0 aromatic heterocycles. The van der Waals surface area contributed by atoms with Gasteiger partial charge in [0, 0.05) is 51.6 Å². The van der Waals surface area contributed by atoms with Crippen LogP contribution in [0.3, 0.4) is 0 Å².